The van der Waals surface area contributed by atoms with Crippen LogP contribution in [0.3, 0.4) is 0 Å². The maximum Gasteiger partial charge on any atom is 0.410 e. The van der Waals surface area contributed by atoms with Crippen molar-refractivity contribution in [2.45, 2.75) is 45.1 Å². The van der Waals surface area contributed by atoms with Crippen LogP contribution in [0.25, 0.3) is 22.1 Å². The van der Waals surface area contributed by atoms with Gasteiger partial charge in [-0.2, -0.15) is 0 Å². The molecule has 1 aliphatic heterocycles. The van der Waals surface area contributed by atoms with Crippen LogP contribution in [0.4, 0.5) is 4.79 Å². The number of ketones is 1. The number of benzene rings is 2. The van der Waals surface area contributed by atoms with Gasteiger partial charge < -0.3 is 24.3 Å². The van der Waals surface area contributed by atoms with E-state index in [1.807, 2.05) is 51.1 Å². The minimum Gasteiger partial charge on any atom is -0.457 e. The van der Waals surface area contributed by atoms with Gasteiger partial charge in [0.15, 0.2) is 5.78 Å². The monoisotopic (exact) mass is 571 g/mol. The predicted molar refractivity (Wildman–Crippen MR) is 157 cm³/mol. The van der Waals surface area contributed by atoms with E-state index in [0.717, 1.165) is 24.2 Å². The van der Waals surface area contributed by atoms with Gasteiger partial charge in [0.05, 0.1) is 27.7 Å². The molecule has 1 aliphatic rings. The van der Waals surface area contributed by atoms with Crippen LogP contribution < -0.4 is 4.74 Å². The van der Waals surface area contributed by atoms with Gasteiger partial charge in [-0.15, -0.1) is 0 Å². The zero-order valence-electron chi connectivity index (χ0n) is 23.0. The maximum absolute atomic E-state index is 13.7. The van der Waals surface area contributed by atoms with Gasteiger partial charge in [0, 0.05) is 36.8 Å². The maximum atomic E-state index is 13.7. The van der Waals surface area contributed by atoms with Gasteiger partial charge in [-0.05, 0) is 57.9 Å². The topological polar surface area (TPSA) is 113 Å². The van der Waals surface area contributed by atoms with Crippen molar-refractivity contribution in [1.29, 1.82) is 0 Å². The van der Waals surface area contributed by atoms with Crippen molar-refractivity contribution in [3.8, 4) is 11.5 Å². The first-order valence-corrected chi connectivity index (χ1v) is 13.9. The highest BCUT2D eigenvalue weighted by atomic mass is 35.5. The first-order valence-electron chi connectivity index (χ1n) is 13.6. The molecular formula is C31H30ClN5O4. The lowest BCUT2D eigenvalue weighted by atomic mass is 9.96. The summed E-state index contributed by atoms with van der Waals surface area (Å²) in [4.78, 5) is 43.9. The van der Waals surface area contributed by atoms with Crippen LogP contribution in [-0.4, -0.2) is 55.4 Å². The molecule has 210 valence electrons. The molecule has 9 nitrogen and oxygen atoms in total. The third-order valence-electron chi connectivity index (χ3n) is 7.11. The number of nitrogens with zero attached hydrogens (tertiary/aromatic N) is 3. The Morgan fingerprint density at radius 2 is 1.78 bits per heavy atom. The average Bonchev–Trinajstić information content (AvgIpc) is 3.57. The van der Waals surface area contributed by atoms with E-state index in [1.54, 1.807) is 35.5 Å². The molecule has 2 aromatic carbocycles. The zero-order valence-corrected chi connectivity index (χ0v) is 23.8. The highest BCUT2D eigenvalue weighted by Crippen LogP contribution is 2.34. The summed E-state index contributed by atoms with van der Waals surface area (Å²) in [5.41, 5.74) is 2.25. The standard InChI is InChI=1S/C31H30ClN5O4/c1-31(2,3)41-30(39)37-13-11-18(12-14-37)28-35-24-17-34-29-25(26(24)36-28)22(16-33-29)27(38)21-10-9-20(15-23(21)32)40-19-7-5-4-6-8-19/h4-10,15-18H,11-14H2,1-3H3,(H,33,34)(H,35,36). The number of carbonyl (C=O) groups excluding carboxylic acids is 2. The lowest BCUT2D eigenvalue weighted by molar-refractivity contribution is 0.0203. The Bertz CT molecular complexity index is 1750. The fourth-order valence-corrected chi connectivity index (χ4v) is 5.38. The van der Waals surface area contributed by atoms with Gasteiger partial charge in [0.1, 0.15) is 34.1 Å². The second kappa shape index (κ2) is 10.6. The van der Waals surface area contributed by atoms with Gasteiger partial charge >= 0.3 is 6.09 Å². The quantitative estimate of drug-likeness (QED) is 0.215. The van der Waals surface area contributed by atoms with E-state index in [-0.39, 0.29) is 22.8 Å². The van der Waals surface area contributed by atoms with Gasteiger partial charge in [-0.25, -0.2) is 14.8 Å². The van der Waals surface area contributed by atoms with E-state index >= 15 is 0 Å². The van der Waals surface area contributed by atoms with Crippen LogP contribution in [0, 0.1) is 0 Å². The molecule has 0 saturated carbocycles. The van der Waals surface area contributed by atoms with Crippen molar-refractivity contribution in [3.63, 3.8) is 0 Å². The van der Waals surface area contributed by atoms with Gasteiger partial charge in [0.25, 0.3) is 0 Å². The Morgan fingerprint density at radius 1 is 1.02 bits per heavy atom. The fourth-order valence-electron chi connectivity index (χ4n) is 5.12. The summed E-state index contributed by atoms with van der Waals surface area (Å²) >= 11 is 6.57. The first-order chi connectivity index (χ1) is 19.7. The van der Waals surface area contributed by atoms with Gasteiger partial charge in [-0.3, -0.25) is 4.79 Å². The molecule has 10 heteroatoms. The molecular weight excluding hydrogens is 542 g/mol. The molecule has 4 heterocycles. The Morgan fingerprint density at radius 3 is 2.49 bits per heavy atom. The largest absolute Gasteiger partial charge is 0.457 e. The van der Waals surface area contributed by atoms with E-state index in [9.17, 15) is 9.59 Å². The fraction of sp³-hybridized carbons (Fsp3) is 0.290. The molecule has 41 heavy (non-hydrogen) atoms. The van der Waals surface area contributed by atoms with Crippen LogP contribution in [0.15, 0.2) is 60.9 Å². The van der Waals surface area contributed by atoms with Crippen molar-refractivity contribution in [2.24, 2.45) is 0 Å². The van der Waals surface area contributed by atoms with E-state index in [1.165, 1.54) is 0 Å². The Hall–Kier alpha value is -4.37. The van der Waals surface area contributed by atoms with Gasteiger partial charge in [-0.1, -0.05) is 29.8 Å². The number of imidazole rings is 1. The van der Waals surface area contributed by atoms with Crippen molar-refractivity contribution >= 4 is 45.5 Å². The SMILES string of the molecule is CC(C)(C)OC(=O)N1CCC(c2nc3c(cnc4[nH]cc(C(=O)c5ccc(Oc6ccccc6)cc5Cl)c43)[nH]2)CC1. The van der Waals surface area contributed by atoms with Crippen LogP contribution in [0.5, 0.6) is 11.5 Å². The van der Waals surface area contributed by atoms with Crippen LogP contribution in [0.2, 0.25) is 5.02 Å². The number of hydrogen-bond acceptors (Lipinski definition) is 6. The number of fused-ring (bicyclic) bond motifs is 3. The van der Waals surface area contributed by atoms with E-state index in [2.05, 4.69) is 15.0 Å². The summed E-state index contributed by atoms with van der Waals surface area (Å²) < 4.78 is 11.4. The molecule has 0 radical (unpaired) electrons. The number of halogens is 1. The third kappa shape index (κ3) is 5.50. The number of pyridine rings is 1. The number of aromatic nitrogens is 4. The van der Waals surface area contributed by atoms with Crippen molar-refractivity contribution < 1.29 is 19.1 Å². The van der Waals surface area contributed by atoms with Crippen molar-refractivity contribution in [3.05, 3.63) is 82.9 Å². The molecule has 0 bridgehead atoms. The highest BCUT2D eigenvalue weighted by molar-refractivity contribution is 6.36. The lowest BCUT2D eigenvalue weighted by Crippen LogP contribution is -2.41. The number of hydrogen-bond donors (Lipinski definition) is 2. The number of para-hydroxylation sites is 1. The van der Waals surface area contributed by atoms with E-state index in [0.29, 0.717) is 52.3 Å². The Balaban J connectivity index is 1.25. The predicted octanol–water partition coefficient (Wildman–Crippen LogP) is 7.23. The number of H-pyrrole nitrogens is 2. The second-order valence-corrected chi connectivity index (χ2v) is 11.6. The second-order valence-electron chi connectivity index (χ2n) is 11.2. The highest BCUT2D eigenvalue weighted by Gasteiger charge is 2.29. The number of rotatable bonds is 5. The number of likely N-dealkylation sites (tertiary alicyclic amines) is 1. The van der Waals surface area contributed by atoms with Crippen LogP contribution in [-0.2, 0) is 4.74 Å². The number of amides is 1. The molecule has 5 aromatic rings. The van der Waals surface area contributed by atoms with Gasteiger partial charge in [0.2, 0.25) is 0 Å². The Labute approximate surface area is 241 Å². The minimum absolute atomic E-state index is 0.140. The number of piperidine rings is 1. The molecule has 6 rings (SSSR count). The van der Waals surface area contributed by atoms with E-state index < -0.39 is 5.60 Å². The van der Waals surface area contributed by atoms with E-state index in [4.69, 9.17) is 26.1 Å². The number of carbonyl (C=O) groups is 2. The number of ether oxygens (including phenoxy) is 2. The summed E-state index contributed by atoms with van der Waals surface area (Å²) in [6, 6.07) is 14.4. The number of aromatic amines is 2. The first kappa shape index (κ1) is 26.8. The molecule has 0 atom stereocenters. The molecule has 3 aromatic heterocycles. The average molecular weight is 572 g/mol. The van der Waals surface area contributed by atoms with Crippen LogP contribution >= 0.6 is 11.6 Å². The molecule has 1 amide bonds. The smallest absolute Gasteiger partial charge is 0.410 e. The minimum atomic E-state index is -0.529. The molecule has 0 unspecified atom stereocenters. The number of nitrogens with one attached hydrogen (secondary N) is 2. The summed E-state index contributed by atoms with van der Waals surface area (Å²) in [6.45, 7) is 6.76. The summed E-state index contributed by atoms with van der Waals surface area (Å²) in [5.74, 6) is 1.93. The molecule has 2 N–H and O–H groups in total. The molecule has 0 aliphatic carbocycles. The molecule has 1 fully saturated rings. The normalized spacial score (nSPS) is 14.5. The summed E-state index contributed by atoms with van der Waals surface area (Å²) in [7, 11) is 0. The zero-order chi connectivity index (χ0) is 28.7. The van der Waals surface area contributed by atoms with Crippen LogP contribution in [0.1, 0.15) is 61.3 Å². The summed E-state index contributed by atoms with van der Waals surface area (Å²) in [5, 5.41) is 0.930. The van der Waals surface area contributed by atoms with Crippen molar-refractivity contribution in [2.75, 3.05) is 13.1 Å². The van der Waals surface area contributed by atoms with Crippen molar-refractivity contribution in [1.82, 2.24) is 24.8 Å². The lowest BCUT2D eigenvalue weighted by Gasteiger charge is -2.32. The third-order valence-corrected chi connectivity index (χ3v) is 7.42. The molecule has 0 spiro atoms. The Kier molecular flexibility index (Phi) is 6.91. The molecule has 1 saturated heterocycles. The summed E-state index contributed by atoms with van der Waals surface area (Å²) in [6.07, 6.45) is 4.58.